The van der Waals surface area contributed by atoms with Gasteiger partial charge in [0.2, 0.25) is 0 Å². The van der Waals surface area contributed by atoms with Crippen LogP contribution in [-0.4, -0.2) is 35.4 Å². The van der Waals surface area contributed by atoms with E-state index < -0.39 is 25.1 Å². The molecule has 0 atom stereocenters. The molecule has 0 aliphatic carbocycles. The molecule has 0 fully saturated rings. The first-order chi connectivity index (χ1) is 11.6. The number of rotatable bonds is 10. The Morgan fingerprint density at radius 1 is 1.04 bits per heavy atom. The summed E-state index contributed by atoms with van der Waals surface area (Å²) in [4.78, 5) is 23.3. The Labute approximate surface area is 141 Å². The molecule has 6 nitrogen and oxygen atoms in total. The molecule has 0 radical (unpaired) electrons. The zero-order valence-corrected chi connectivity index (χ0v) is 13.8. The summed E-state index contributed by atoms with van der Waals surface area (Å²) < 4.78 is 10.2. The average molecular weight is 336 g/mol. The third-order valence-electron chi connectivity index (χ3n) is 3.20. The Bertz CT molecular complexity index is 531. The fourth-order valence-electron chi connectivity index (χ4n) is 1.81. The van der Waals surface area contributed by atoms with Crippen LogP contribution in [0.3, 0.4) is 0 Å². The molecular weight excluding hydrogens is 312 g/mol. The smallest absolute Gasteiger partial charge is 0.319 e. The highest BCUT2D eigenvalue weighted by atomic mass is 16.5. The molecule has 0 aromatic heterocycles. The number of allylic oxidation sites excluding steroid dienone is 2. The normalized spacial score (nSPS) is 11.0. The number of unbranched alkanes of at least 4 members (excludes halogenated alkanes) is 1. The van der Waals surface area contributed by atoms with Crippen molar-refractivity contribution in [3.63, 3.8) is 0 Å². The lowest BCUT2D eigenvalue weighted by Gasteiger charge is -2.11. The van der Waals surface area contributed by atoms with E-state index in [4.69, 9.17) is 19.7 Å². The number of ether oxygens (including phenoxy) is 2. The maximum atomic E-state index is 11.7. The van der Waals surface area contributed by atoms with Gasteiger partial charge in [-0.15, -0.1) is 0 Å². The van der Waals surface area contributed by atoms with Crippen LogP contribution in [0.2, 0.25) is 0 Å². The molecule has 2 N–H and O–H groups in total. The van der Waals surface area contributed by atoms with Crippen LogP contribution in [0.5, 0.6) is 11.5 Å². The quantitative estimate of drug-likeness (QED) is 0.295. The van der Waals surface area contributed by atoms with Crippen molar-refractivity contribution in [2.75, 3.05) is 13.2 Å². The molecule has 0 aliphatic rings. The number of carbonyl (C=O) groups is 2. The van der Waals surface area contributed by atoms with Crippen molar-refractivity contribution in [2.45, 2.75) is 32.6 Å². The highest BCUT2D eigenvalue weighted by Crippen LogP contribution is 2.19. The summed E-state index contributed by atoms with van der Waals surface area (Å²) in [5, 5.41) is 17.8. The molecule has 132 valence electrons. The van der Waals surface area contributed by atoms with Crippen molar-refractivity contribution in [3.8, 4) is 11.5 Å². The first kappa shape index (κ1) is 19.9. The van der Waals surface area contributed by atoms with E-state index in [-0.39, 0.29) is 11.7 Å². The van der Waals surface area contributed by atoms with Gasteiger partial charge in [-0.3, -0.25) is 9.59 Å². The van der Waals surface area contributed by atoms with Crippen LogP contribution in [0.4, 0.5) is 0 Å². The summed E-state index contributed by atoms with van der Waals surface area (Å²) in [6.07, 6.45) is 6.99. The summed E-state index contributed by atoms with van der Waals surface area (Å²) in [6, 6.07) is 6.00. The van der Waals surface area contributed by atoms with E-state index in [1.807, 2.05) is 6.08 Å². The average Bonchev–Trinajstić information content (AvgIpc) is 2.57. The second-order valence-electron chi connectivity index (χ2n) is 5.20. The van der Waals surface area contributed by atoms with E-state index in [9.17, 15) is 9.59 Å². The van der Waals surface area contributed by atoms with Gasteiger partial charge in [-0.1, -0.05) is 19.1 Å². The Balaban J connectivity index is 2.42. The molecule has 0 heterocycles. The number of aliphatic hydroxyl groups is 2. The molecule has 1 aromatic rings. The zero-order chi connectivity index (χ0) is 17.8. The molecule has 0 spiro atoms. The van der Waals surface area contributed by atoms with Gasteiger partial charge in [-0.25, -0.2) is 0 Å². The number of benzene rings is 1. The van der Waals surface area contributed by atoms with Crippen molar-refractivity contribution < 1.29 is 29.3 Å². The van der Waals surface area contributed by atoms with Crippen LogP contribution in [0.1, 0.15) is 32.6 Å². The Kier molecular flexibility index (Phi) is 9.41. The summed E-state index contributed by atoms with van der Waals surface area (Å²) in [6.45, 7) is 1.08. The SMILES string of the molecule is CCC=CCCCC(=O)Oc1ccc(OC(=O)C(CO)CO)cc1. The molecule has 1 rings (SSSR count). The van der Waals surface area contributed by atoms with Crippen molar-refractivity contribution in [2.24, 2.45) is 5.92 Å². The van der Waals surface area contributed by atoms with E-state index >= 15 is 0 Å². The lowest BCUT2D eigenvalue weighted by Crippen LogP contribution is -2.26. The van der Waals surface area contributed by atoms with E-state index in [2.05, 4.69) is 13.0 Å². The minimum Gasteiger partial charge on any atom is -0.427 e. The van der Waals surface area contributed by atoms with Crippen LogP contribution >= 0.6 is 0 Å². The van der Waals surface area contributed by atoms with Gasteiger partial charge in [0.25, 0.3) is 0 Å². The highest BCUT2D eigenvalue weighted by molar-refractivity contribution is 5.75. The topological polar surface area (TPSA) is 93.1 Å². The first-order valence-corrected chi connectivity index (χ1v) is 7.99. The van der Waals surface area contributed by atoms with E-state index in [0.29, 0.717) is 12.2 Å². The molecule has 0 aliphatic heterocycles. The summed E-state index contributed by atoms with van der Waals surface area (Å²) in [5.41, 5.74) is 0. The van der Waals surface area contributed by atoms with Crippen LogP contribution < -0.4 is 9.47 Å². The highest BCUT2D eigenvalue weighted by Gasteiger charge is 2.18. The van der Waals surface area contributed by atoms with E-state index in [1.54, 1.807) is 0 Å². The first-order valence-electron chi connectivity index (χ1n) is 7.99. The molecule has 0 saturated carbocycles. The van der Waals surface area contributed by atoms with Gasteiger partial charge in [0, 0.05) is 6.42 Å². The van der Waals surface area contributed by atoms with Crippen LogP contribution in [-0.2, 0) is 9.59 Å². The van der Waals surface area contributed by atoms with Crippen molar-refractivity contribution in [3.05, 3.63) is 36.4 Å². The fourth-order valence-corrected chi connectivity index (χ4v) is 1.81. The molecule has 0 saturated heterocycles. The lowest BCUT2D eigenvalue weighted by atomic mass is 10.2. The van der Waals surface area contributed by atoms with Crippen LogP contribution in [0.15, 0.2) is 36.4 Å². The number of esters is 2. The van der Waals surface area contributed by atoms with E-state index in [1.165, 1.54) is 24.3 Å². The summed E-state index contributed by atoms with van der Waals surface area (Å²) >= 11 is 0. The standard InChI is InChI=1S/C18H24O6/c1-2-3-4-5-6-7-17(21)23-15-8-10-16(11-9-15)24-18(22)14(12-19)13-20/h3-4,8-11,14,19-20H,2,5-7,12-13H2,1H3. The van der Waals surface area contributed by atoms with Gasteiger partial charge < -0.3 is 19.7 Å². The molecule has 0 bridgehead atoms. The molecule has 0 unspecified atom stereocenters. The van der Waals surface area contributed by atoms with Gasteiger partial charge in [0.05, 0.1) is 13.2 Å². The number of hydrogen-bond acceptors (Lipinski definition) is 6. The van der Waals surface area contributed by atoms with Gasteiger partial charge in [-0.2, -0.15) is 0 Å². The number of hydrogen-bond donors (Lipinski definition) is 2. The maximum Gasteiger partial charge on any atom is 0.319 e. The third-order valence-corrected chi connectivity index (χ3v) is 3.20. The minimum absolute atomic E-state index is 0.247. The summed E-state index contributed by atoms with van der Waals surface area (Å²) in [7, 11) is 0. The van der Waals surface area contributed by atoms with Crippen LogP contribution in [0.25, 0.3) is 0 Å². The molecule has 1 aromatic carbocycles. The van der Waals surface area contributed by atoms with Crippen molar-refractivity contribution in [1.29, 1.82) is 0 Å². The Hall–Kier alpha value is -2.18. The minimum atomic E-state index is -0.968. The van der Waals surface area contributed by atoms with Gasteiger partial charge in [-0.05, 0) is 43.5 Å². The van der Waals surface area contributed by atoms with Gasteiger partial charge in [0.15, 0.2) is 0 Å². The van der Waals surface area contributed by atoms with E-state index in [0.717, 1.165) is 19.3 Å². The number of aliphatic hydroxyl groups excluding tert-OH is 2. The van der Waals surface area contributed by atoms with Crippen molar-refractivity contribution in [1.82, 2.24) is 0 Å². The summed E-state index contributed by atoms with van der Waals surface area (Å²) in [5.74, 6) is -1.39. The largest absolute Gasteiger partial charge is 0.427 e. The maximum absolute atomic E-state index is 11.7. The monoisotopic (exact) mass is 336 g/mol. The molecule has 24 heavy (non-hydrogen) atoms. The lowest BCUT2D eigenvalue weighted by molar-refractivity contribution is -0.141. The van der Waals surface area contributed by atoms with Crippen molar-refractivity contribution >= 4 is 11.9 Å². The zero-order valence-electron chi connectivity index (χ0n) is 13.8. The Morgan fingerprint density at radius 2 is 1.62 bits per heavy atom. The number of carbonyl (C=O) groups excluding carboxylic acids is 2. The van der Waals surface area contributed by atoms with Gasteiger partial charge in [0.1, 0.15) is 17.4 Å². The molecule has 6 heteroatoms. The third kappa shape index (κ3) is 7.39. The predicted molar refractivity (Wildman–Crippen MR) is 88.7 cm³/mol. The Morgan fingerprint density at radius 3 is 2.17 bits per heavy atom. The second-order valence-corrected chi connectivity index (χ2v) is 5.20. The second kappa shape index (κ2) is 11.4. The van der Waals surface area contributed by atoms with Gasteiger partial charge >= 0.3 is 11.9 Å². The molecule has 0 amide bonds. The predicted octanol–water partition coefficient (Wildman–Crippen LogP) is 2.23. The fraction of sp³-hybridized carbons (Fsp3) is 0.444. The van der Waals surface area contributed by atoms with Crippen LogP contribution in [0, 0.1) is 5.92 Å². The molecular formula is C18H24O6.